The number of carbonyl (C=O) groups is 2. The third-order valence-electron chi connectivity index (χ3n) is 3.54. The SMILES string of the molecule is O=C1CN(C(=O)/C=C/c2cccc([N+](=O)[O-])c2)c2ccccc2N1. The van der Waals surface area contributed by atoms with Crippen LogP contribution in [0, 0.1) is 10.1 Å². The van der Waals surface area contributed by atoms with Gasteiger partial charge in [0.05, 0.1) is 16.3 Å². The molecule has 3 rings (SSSR count). The number of nitrogens with zero attached hydrogens (tertiary/aromatic N) is 2. The molecule has 24 heavy (non-hydrogen) atoms. The van der Waals surface area contributed by atoms with Gasteiger partial charge >= 0.3 is 0 Å². The fraction of sp³-hybridized carbons (Fsp3) is 0.0588. The number of fused-ring (bicyclic) bond motifs is 1. The molecule has 0 aliphatic carbocycles. The van der Waals surface area contributed by atoms with E-state index in [0.29, 0.717) is 16.9 Å². The third kappa shape index (κ3) is 3.14. The molecule has 1 aliphatic heterocycles. The van der Waals surface area contributed by atoms with Crippen molar-refractivity contribution < 1.29 is 14.5 Å². The van der Waals surface area contributed by atoms with Gasteiger partial charge in [0, 0.05) is 18.2 Å². The second kappa shape index (κ2) is 6.33. The van der Waals surface area contributed by atoms with Gasteiger partial charge in [-0.15, -0.1) is 0 Å². The van der Waals surface area contributed by atoms with E-state index in [-0.39, 0.29) is 24.0 Å². The van der Waals surface area contributed by atoms with Crippen molar-refractivity contribution >= 4 is 35.0 Å². The van der Waals surface area contributed by atoms with Gasteiger partial charge in [0.25, 0.3) is 11.6 Å². The van der Waals surface area contributed by atoms with Crippen LogP contribution in [0.3, 0.4) is 0 Å². The quantitative estimate of drug-likeness (QED) is 0.534. The van der Waals surface area contributed by atoms with Gasteiger partial charge in [-0.2, -0.15) is 0 Å². The number of anilines is 2. The first-order valence-electron chi connectivity index (χ1n) is 7.17. The molecular formula is C17H13N3O4. The van der Waals surface area contributed by atoms with E-state index in [9.17, 15) is 19.7 Å². The van der Waals surface area contributed by atoms with E-state index in [2.05, 4.69) is 5.32 Å². The first-order chi connectivity index (χ1) is 11.5. The van der Waals surface area contributed by atoms with Crippen molar-refractivity contribution in [1.29, 1.82) is 0 Å². The summed E-state index contributed by atoms with van der Waals surface area (Å²) in [5.41, 5.74) is 1.68. The second-order valence-electron chi connectivity index (χ2n) is 5.18. The van der Waals surface area contributed by atoms with Crippen molar-refractivity contribution in [2.45, 2.75) is 0 Å². The van der Waals surface area contributed by atoms with Crippen LogP contribution in [0.2, 0.25) is 0 Å². The molecule has 2 aromatic carbocycles. The van der Waals surface area contributed by atoms with Gasteiger partial charge in [0.1, 0.15) is 6.54 Å². The van der Waals surface area contributed by atoms with Gasteiger partial charge in [-0.3, -0.25) is 24.6 Å². The number of para-hydroxylation sites is 2. The summed E-state index contributed by atoms with van der Waals surface area (Å²) in [5.74, 6) is -0.644. The van der Waals surface area contributed by atoms with Gasteiger partial charge in [-0.25, -0.2) is 0 Å². The average molecular weight is 323 g/mol. The minimum absolute atomic E-state index is 0.0488. The Labute approximate surface area is 137 Å². The molecule has 120 valence electrons. The van der Waals surface area contributed by atoms with Gasteiger partial charge in [0.2, 0.25) is 5.91 Å². The molecule has 1 aliphatic rings. The Hall–Kier alpha value is -3.48. The van der Waals surface area contributed by atoms with Crippen LogP contribution in [-0.2, 0) is 9.59 Å². The Morgan fingerprint density at radius 3 is 2.79 bits per heavy atom. The van der Waals surface area contributed by atoms with Crippen molar-refractivity contribution in [1.82, 2.24) is 0 Å². The van der Waals surface area contributed by atoms with Crippen molar-refractivity contribution in [2.24, 2.45) is 0 Å². The molecule has 0 fully saturated rings. The number of nitro benzene ring substituents is 1. The van der Waals surface area contributed by atoms with E-state index >= 15 is 0 Å². The van der Waals surface area contributed by atoms with Crippen molar-refractivity contribution in [2.75, 3.05) is 16.8 Å². The maximum Gasteiger partial charge on any atom is 0.270 e. The number of hydrogen-bond donors (Lipinski definition) is 1. The van der Waals surface area contributed by atoms with E-state index in [4.69, 9.17) is 0 Å². The van der Waals surface area contributed by atoms with E-state index in [1.54, 1.807) is 36.4 Å². The molecule has 2 aromatic rings. The monoisotopic (exact) mass is 323 g/mol. The summed E-state index contributed by atoms with van der Waals surface area (Å²) in [6.07, 6.45) is 2.79. The molecule has 0 aromatic heterocycles. The number of amides is 2. The highest BCUT2D eigenvalue weighted by Crippen LogP contribution is 2.29. The normalized spacial score (nSPS) is 13.5. The van der Waals surface area contributed by atoms with Crippen LogP contribution in [-0.4, -0.2) is 23.3 Å². The van der Waals surface area contributed by atoms with Crippen molar-refractivity contribution in [3.63, 3.8) is 0 Å². The van der Waals surface area contributed by atoms with Gasteiger partial charge in [0.15, 0.2) is 0 Å². The minimum Gasteiger partial charge on any atom is -0.323 e. The first-order valence-corrected chi connectivity index (χ1v) is 7.17. The minimum atomic E-state index is -0.496. The Morgan fingerprint density at radius 2 is 2.00 bits per heavy atom. The van der Waals surface area contributed by atoms with Crippen LogP contribution in [0.4, 0.5) is 17.1 Å². The Balaban J connectivity index is 1.84. The van der Waals surface area contributed by atoms with Gasteiger partial charge in [-0.05, 0) is 23.8 Å². The van der Waals surface area contributed by atoms with Gasteiger partial charge < -0.3 is 5.32 Å². The lowest BCUT2D eigenvalue weighted by molar-refractivity contribution is -0.384. The van der Waals surface area contributed by atoms with Gasteiger partial charge in [-0.1, -0.05) is 24.3 Å². The topological polar surface area (TPSA) is 92.5 Å². The molecule has 1 heterocycles. The molecular weight excluding hydrogens is 310 g/mol. The largest absolute Gasteiger partial charge is 0.323 e. The predicted molar refractivity (Wildman–Crippen MR) is 89.6 cm³/mol. The summed E-state index contributed by atoms with van der Waals surface area (Å²) in [6, 6.07) is 13.0. The highest BCUT2D eigenvalue weighted by atomic mass is 16.6. The number of hydrogen-bond acceptors (Lipinski definition) is 4. The van der Waals surface area contributed by atoms with E-state index in [1.807, 2.05) is 0 Å². The smallest absolute Gasteiger partial charge is 0.270 e. The number of benzene rings is 2. The third-order valence-corrected chi connectivity index (χ3v) is 3.54. The lowest BCUT2D eigenvalue weighted by Crippen LogP contribution is -2.41. The summed E-state index contributed by atoms with van der Waals surface area (Å²) in [6.45, 7) is -0.0743. The second-order valence-corrected chi connectivity index (χ2v) is 5.18. The lowest BCUT2D eigenvalue weighted by Gasteiger charge is -2.28. The molecule has 0 atom stereocenters. The maximum absolute atomic E-state index is 12.4. The van der Waals surface area contributed by atoms with Crippen LogP contribution in [0.25, 0.3) is 6.08 Å². The zero-order valence-electron chi connectivity index (χ0n) is 12.5. The van der Waals surface area contributed by atoms with Crippen LogP contribution in [0.5, 0.6) is 0 Å². The number of nitro groups is 1. The van der Waals surface area contributed by atoms with E-state index in [0.717, 1.165) is 0 Å². The number of rotatable bonds is 3. The fourth-order valence-electron chi connectivity index (χ4n) is 2.43. The first kappa shape index (κ1) is 15.4. The Bertz CT molecular complexity index is 860. The predicted octanol–water partition coefficient (Wildman–Crippen LogP) is 2.59. The summed E-state index contributed by atoms with van der Waals surface area (Å²) < 4.78 is 0. The molecule has 0 bridgehead atoms. The number of non-ortho nitro benzene ring substituents is 1. The summed E-state index contributed by atoms with van der Waals surface area (Å²) >= 11 is 0. The van der Waals surface area contributed by atoms with Crippen molar-refractivity contribution in [3.05, 3.63) is 70.3 Å². The van der Waals surface area contributed by atoms with Crippen molar-refractivity contribution in [3.8, 4) is 0 Å². The highest BCUT2D eigenvalue weighted by Gasteiger charge is 2.25. The molecule has 0 spiro atoms. The fourth-order valence-corrected chi connectivity index (χ4v) is 2.43. The van der Waals surface area contributed by atoms with E-state index in [1.165, 1.54) is 29.2 Å². The van der Waals surface area contributed by atoms with E-state index < -0.39 is 4.92 Å². The molecule has 0 saturated carbocycles. The highest BCUT2D eigenvalue weighted by molar-refractivity contribution is 6.13. The van der Waals surface area contributed by atoms with Crippen LogP contribution in [0.1, 0.15) is 5.56 Å². The average Bonchev–Trinajstić information content (AvgIpc) is 2.59. The zero-order valence-corrected chi connectivity index (χ0v) is 12.5. The molecule has 0 unspecified atom stereocenters. The lowest BCUT2D eigenvalue weighted by atomic mass is 10.1. The molecule has 0 saturated heterocycles. The van der Waals surface area contributed by atoms with Crippen LogP contribution < -0.4 is 10.2 Å². The van der Waals surface area contributed by atoms with Crippen LogP contribution >= 0.6 is 0 Å². The summed E-state index contributed by atoms with van der Waals surface area (Å²) in [4.78, 5) is 35.8. The Morgan fingerprint density at radius 1 is 1.21 bits per heavy atom. The number of carbonyl (C=O) groups excluding carboxylic acids is 2. The number of nitrogens with one attached hydrogen (secondary N) is 1. The standard InChI is InChI=1S/C17H13N3O4/c21-16-11-19(15-7-2-1-6-14(15)18-16)17(22)9-8-12-4-3-5-13(10-12)20(23)24/h1-10H,11H2,(H,18,21)/b9-8+. The molecule has 7 nitrogen and oxygen atoms in total. The summed E-state index contributed by atoms with van der Waals surface area (Å²) in [5, 5.41) is 13.5. The van der Waals surface area contributed by atoms with Crippen LogP contribution in [0.15, 0.2) is 54.6 Å². The summed E-state index contributed by atoms with van der Waals surface area (Å²) in [7, 11) is 0. The molecule has 0 radical (unpaired) electrons. The Kier molecular flexibility index (Phi) is 4.07. The molecule has 2 amide bonds. The molecule has 7 heteroatoms. The maximum atomic E-state index is 12.4. The zero-order chi connectivity index (χ0) is 17.1. The molecule has 1 N–H and O–H groups in total.